The Hall–Kier alpha value is 2.42. The van der Waals surface area contributed by atoms with Crippen molar-refractivity contribution in [2.75, 3.05) is 0 Å². The summed E-state index contributed by atoms with van der Waals surface area (Å²) in [7, 11) is 0. The molecule has 0 rings (SSSR count). The minimum atomic E-state index is 0. The molecule has 0 aromatic rings. The molecule has 0 aromatic heterocycles. The monoisotopic (exact) mass is 255 g/mol. The van der Waals surface area contributed by atoms with Gasteiger partial charge in [0.2, 0.25) is 0 Å². The molecule has 0 saturated carbocycles. The van der Waals surface area contributed by atoms with Crippen LogP contribution in [0.3, 0.4) is 0 Å². The molecule has 6 heteroatoms. The van der Waals surface area contributed by atoms with Crippen molar-refractivity contribution in [3.05, 3.63) is 0 Å². The quantitative estimate of drug-likeness (QED) is 0.519. The van der Waals surface area contributed by atoms with Crippen molar-refractivity contribution in [1.82, 2.24) is 0 Å². The van der Waals surface area contributed by atoms with Gasteiger partial charge in [-0.3, -0.25) is 0 Å². The van der Waals surface area contributed by atoms with Gasteiger partial charge < -0.3 is 0 Å². The fourth-order valence-electron chi connectivity index (χ4n) is 0. The van der Waals surface area contributed by atoms with E-state index in [1.165, 1.54) is 0 Å². The number of rotatable bonds is 0. The van der Waals surface area contributed by atoms with Crippen LogP contribution in [0.15, 0.2) is 0 Å². The summed E-state index contributed by atoms with van der Waals surface area (Å²) < 4.78 is 7.94. The van der Waals surface area contributed by atoms with Gasteiger partial charge in [0.15, 0.2) is 0 Å². The van der Waals surface area contributed by atoms with Gasteiger partial charge in [-0.05, 0) is 0 Å². The molecule has 0 aliphatic carbocycles. The molecule has 0 heterocycles. The average Bonchev–Trinajstić information content (AvgIpc) is 1.00. The second-order valence-corrected chi connectivity index (χ2v) is 0. The molecule has 0 atom stereocenters. The van der Waals surface area contributed by atoms with Gasteiger partial charge in [-0.2, -0.15) is 0 Å². The average molecular weight is 255 g/mol. The Kier molecular flexibility index (Phi) is 344. The van der Waals surface area contributed by atoms with E-state index in [2.05, 4.69) is 15.7 Å². The van der Waals surface area contributed by atoms with Gasteiger partial charge in [0.1, 0.15) is 0 Å². The predicted molar refractivity (Wildman–Crippen MR) is 7.84 cm³/mol. The molecule has 0 bridgehead atoms. The number of hydrogen-bond donors (Lipinski definition) is 0. The maximum atomic E-state index is 7.94. The van der Waals surface area contributed by atoms with Crippen molar-refractivity contribution >= 4 is 18.9 Å². The first-order valence-electron chi connectivity index (χ1n) is 0.136. The zero-order valence-corrected chi connectivity index (χ0v) is 6.02. The van der Waals surface area contributed by atoms with Crippen LogP contribution >= 0.6 is 0 Å². The molecule has 2 radical (unpaired) electrons. The summed E-state index contributed by atoms with van der Waals surface area (Å²) in [6.45, 7) is 0. The Labute approximate surface area is 87.7 Å². The maximum absolute atomic E-state index is 7.94. The normalized spacial score (nSPS) is 0.833. The first kappa shape index (κ1) is 39.6. The molecule has 0 aliphatic rings. The third kappa shape index (κ3) is 32.2. The van der Waals surface area contributed by atoms with E-state index in [0.29, 0.717) is 0 Å². The molecule has 1 nitrogen and oxygen atoms in total. The molecule has 0 spiro atoms. The standard InChI is InChI=1S/2Co.Li.Mn.Ni.O.H. The molecule has 0 fully saturated rings. The molecule has 0 N–H and O–H groups in total. The van der Waals surface area contributed by atoms with E-state index in [9.17, 15) is 0 Å². The minimum absolute atomic E-state index is 0. The van der Waals surface area contributed by atoms with E-state index >= 15 is 0 Å². The van der Waals surface area contributed by atoms with Crippen LogP contribution in [-0.2, 0) is 69.9 Å². The van der Waals surface area contributed by atoms with Crippen LogP contribution < -0.4 is 0 Å². The number of hydrogen-bond acceptors (Lipinski definition) is 1. The van der Waals surface area contributed by atoms with Crippen LogP contribution in [-0.4, -0.2) is 18.9 Å². The van der Waals surface area contributed by atoms with Crippen LogP contribution in [0.5, 0.6) is 0 Å². The Morgan fingerprint density at radius 1 is 1.17 bits per heavy atom. The van der Waals surface area contributed by atoms with E-state index in [-0.39, 0.29) is 69.2 Å². The molecule has 6 heavy (non-hydrogen) atoms. The van der Waals surface area contributed by atoms with Crippen molar-refractivity contribution in [2.45, 2.75) is 0 Å². The topological polar surface area (TPSA) is 17.1 Å². The molecule has 0 unspecified atom stereocenters. The summed E-state index contributed by atoms with van der Waals surface area (Å²) in [5, 5.41) is 0. The van der Waals surface area contributed by atoms with Crippen molar-refractivity contribution in [3.8, 4) is 0 Å². The van der Waals surface area contributed by atoms with Gasteiger partial charge in [-0.1, -0.05) is 0 Å². The van der Waals surface area contributed by atoms with Crippen LogP contribution in [0.2, 0.25) is 0 Å². The summed E-state index contributed by atoms with van der Waals surface area (Å²) in [5.74, 6) is 0. The van der Waals surface area contributed by atoms with Gasteiger partial charge in [0, 0.05) is 50.3 Å². The van der Waals surface area contributed by atoms with Gasteiger partial charge in [-0.25, -0.2) is 0 Å². The molecule has 0 aliphatic heterocycles. The first-order valence-corrected chi connectivity index (χ1v) is 0.561. The molecular formula is HCo2LiMnNiO. The third-order valence-electron chi connectivity index (χ3n) is 0. The Morgan fingerprint density at radius 2 is 1.17 bits per heavy atom. The summed E-state index contributed by atoms with van der Waals surface area (Å²) >= 11 is 2.31. The van der Waals surface area contributed by atoms with Crippen LogP contribution in [0.4, 0.5) is 0 Å². The SMILES string of the molecule is [Co].[LiH].[Mn].[Ni].[O]=[Co]. The van der Waals surface area contributed by atoms with Crippen molar-refractivity contribution in [3.63, 3.8) is 0 Å². The Bertz CT molecular complexity index is 13.5. The third-order valence-corrected chi connectivity index (χ3v) is 0. The van der Waals surface area contributed by atoms with Crippen LogP contribution in [0, 0.1) is 0 Å². The van der Waals surface area contributed by atoms with Crippen molar-refractivity contribution < 1.29 is 69.9 Å². The molecule has 43 valence electrons. The van der Waals surface area contributed by atoms with Crippen molar-refractivity contribution in [2.24, 2.45) is 0 Å². The molecule has 0 amide bonds. The van der Waals surface area contributed by atoms with Gasteiger partial charge in [-0.15, -0.1) is 0 Å². The molecule has 0 aromatic carbocycles. The zero-order chi connectivity index (χ0) is 2.00. The van der Waals surface area contributed by atoms with E-state index in [4.69, 9.17) is 3.87 Å². The summed E-state index contributed by atoms with van der Waals surface area (Å²) in [6, 6.07) is 0. The second-order valence-electron chi connectivity index (χ2n) is 0. The van der Waals surface area contributed by atoms with Crippen LogP contribution in [0.25, 0.3) is 0 Å². The fourth-order valence-corrected chi connectivity index (χ4v) is 0. The van der Waals surface area contributed by atoms with Gasteiger partial charge in [0.25, 0.3) is 0 Å². The van der Waals surface area contributed by atoms with E-state index in [1.54, 1.807) is 0 Å². The van der Waals surface area contributed by atoms with Crippen LogP contribution in [0.1, 0.15) is 0 Å². The first-order chi connectivity index (χ1) is 1.00. The van der Waals surface area contributed by atoms with Gasteiger partial charge in [0.05, 0.1) is 0 Å². The summed E-state index contributed by atoms with van der Waals surface area (Å²) in [4.78, 5) is 0. The molecular weight excluding hydrogens is 254 g/mol. The Balaban J connectivity index is -0.000000000833. The second kappa shape index (κ2) is 52.2. The summed E-state index contributed by atoms with van der Waals surface area (Å²) in [6.07, 6.45) is 0. The fraction of sp³-hybridized carbons (Fsp3) is 0. The Morgan fingerprint density at radius 3 is 1.17 bits per heavy atom. The molecule has 0 saturated heterocycles. The summed E-state index contributed by atoms with van der Waals surface area (Å²) in [5.41, 5.74) is 0. The van der Waals surface area contributed by atoms with E-state index < -0.39 is 0 Å². The van der Waals surface area contributed by atoms with Gasteiger partial charge >= 0.3 is 38.4 Å². The van der Waals surface area contributed by atoms with E-state index in [0.717, 1.165) is 0 Å². The predicted octanol–water partition coefficient (Wildman–Crippen LogP) is -0.777. The zero-order valence-electron chi connectivity index (χ0n) is 1.77. The van der Waals surface area contributed by atoms with E-state index in [1.807, 2.05) is 0 Å². The van der Waals surface area contributed by atoms with Crippen molar-refractivity contribution in [1.29, 1.82) is 0 Å².